The highest BCUT2D eigenvalue weighted by Crippen LogP contribution is 2.26. The summed E-state index contributed by atoms with van der Waals surface area (Å²) in [7, 11) is 0. The molecule has 3 nitrogen and oxygen atoms in total. The second kappa shape index (κ2) is 3.93. The predicted molar refractivity (Wildman–Crippen MR) is 60.5 cm³/mol. The Morgan fingerprint density at radius 3 is 2.87 bits per heavy atom. The van der Waals surface area contributed by atoms with Crippen LogP contribution in [-0.2, 0) is 12.8 Å². The van der Waals surface area contributed by atoms with Crippen LogP contribution in [0.5, 0.6) is 5.75 Å². The maximum absolute atomic E-state index is 7.26. The van der Waals surface area contributed by atoms with Gasteiger partial charge in [0.2, 0.25) is 0 Å². The highest BCUT2D eigenvalue weighted by molar-refractivity contribution is 5.81. The minimum Gasteiger partial charge on any atom is -0.483 e. The Bertz CT molecular complexity index is 387. The Hall–Kier alpha value is -1.51. The van der Waals surface area contributed by atoms with Crippen molar-refractivity contribution in [1.29, 1.82) is 5.41 Å². The van der Waals surface area contributed by atoms with Crippen LogP contribution in [0.3, 0.4) is 0 Å². The average Bonchev–Trinajstić information content (AvgIpc) is 2.64. The molecule has 15 heavy (non-hydrogen) atoms. The second-order valence-corrected chi connectivity index (χ2v) is 4.00. The first-order valence-corrected chi connectivity index (χ1v) is 5.29. The largest absolute Gasteiger partial charge is 0.483 e. The van der Waals surface area contributed by atoms with Gasteiger partial charge in [0.15, 0.2) is 6.10 Å². The molecule has 0 spiro atoms. The Kier molecular flexibility index (Phi) is 2.62. The summed E-state index contributed by atoms with van der Waals surface area (Å²) in [5.74, 6) is 0.883. The molecule has 1 aromatic rings. The van der Waals surface area contributed by atoms with E-state index in [-0.39, 0.29) is 11.9 Å². The molecular weight excluding hydrogens is 188 g/mol. The third kappa shape index (κ3) is 2.12. The van der Waals surface area contributed by atoms with Gasteiger partial charge in [-0.1, -0.05) is 6.07 Å². The fraction of sp³-hybridized carbons (Fsp3) is 0.417. The number of nitrogens with two attached hydrogens (primary N) is 1. The summed E-state index contributed by atoms with van der Waals surface area (Å²) in [6.07, 6.45) is 3.21. The molecule has 80 valence electrons. The van der Waals surface area contributed by atoms with Gasteiger partial charge in [0, 0.05) is 0 Å². The second-order valence-electron chi connectivity index (χ2n) is 4.00. The quantitative estimate of drug-likeness (QED) is 0.583. The lowest BCUT2D eigenvalue weighted by atomic mass is 10.1. The van der Waals surface area contributed by atoms with Gasteiger partial charge in [-0.3, -0.25) is 5.41 Å². The number of benzene rings is 1. The molecule has 0 fully saturated rings. The van der Waals surface area contributed by atoms with Crippen molar-refractivity contribution < 1.29 is 4.74 Å². The molecule has 0 amide bonds. The maximum atomic E-state index is 7.26. The van der Waals surface area contributed by atoms with Gasteiger partial charge >= 0.3 is 0 Å². The van der Waals surface area contributed by atoms with Crippen LogP contribution in [0, 0.1) is 5.41 Å². The van der Waals surface area contributed by atoms with E-state index in [0.29, 0.717) is 0 Å². The summed E-state index contributed by atoms with van der Waals surface area (Å²) in [4.78, 5) is 0. The molecule has 0 bridgehead atoms. The molecule has 1 atom stereocenters. The van der Waals surface area contributed by atoms with Crippen LogP contribution in [0.25, 0.3) is 0 Å². The molecule has 1 aromatic carbocycles. The standard InChI is InChI=1S/C12H16N2O/c1-8(12(13)14)15-11-6-5-9-3-2-4-10(9)7-11/h5-8H,2-4H2,1H3,(H3,13,14). The van der Waals surface area contributed by atoms with E-state index in [1.807, 2.05) is 6.07 Å². The molecule has 1 aliphatic rings. The first kappa shape index (κ1) is 10.0. The lowest BCUT2D eigenvalue weighted by molar-refractivity contribution is 0.284. The number of hydrogen-bond donors (Lipinski definition) is 2. The fourth-order valence-electron chi connectivity index (χ4n) is 1.89. The Labute approximate surface area is 89.8 Å². The zero-order valence-electron chi connectivity index (χ0n) is 8.92. The average molecular weight is 204 g/mol. The van der Waals surface area contributed by atoms with E-state index < -0.39 is 0 Å². The normalized spacial score (nSPS) is 15.8. The fourth-order valence-corrected chi connectivity index (χ4v) is 1.89. The molecule has 0 radical (unpaired) electrons. The molecule has 0 saturated heterocycles. The third-order valence-electron chi connectivity index (χ3n) is 2.82. The Morgan fingerprint density at radius 1 is 1.40 bits per heavy atom. The number of ether oxygens (including phenoxy) is 1. The van der Waals surface area contributed by atoms with Crippen molar-refractivity contribution in [3.05, 3.63) is 29.3 Å². The Morgan fingerprint density at radius 2 is 2.13 bits per heavy atom. The highest BCUT2D eigenvalue weighted by Gasteiger charge is 2.13. The van der Waals surface area contributed by atoms with Crippen molar-refractivity contribution in [3.63, 3.8) is 0 Å². The van der Waals surface area contributed by atoms with Crippen LogP contribution in [-0.4, -0.2) is 11.9 Å². The van der Waals surface area contributed by atoms with Gasteiger partial charge in [-0.05, 0) is 49.4 Å². The van der Waals surface area contributed by atoms with Crippen molar-refractivity contribution in [3.8, 4) is 5.75 Å². The molecule has 2 rings (SSSR count). The van der Waals surface area contributed by atoms with Crippen molar-refractivity contribution in [2.24, 2.45) is 5.73 Å². The number of fused-ring (bicyclic) bond motifs is 1. The first-order chi connectivity index (χ1) is 7.16. The summed E-state index contributed by atoms with van der Waals surface area (Å²) in [6, 6.07) is 6.15. The molecule has 0 aromatic heterocycles. The summed E-state index contributed by atoms with van der Waals surface area (Å²) >= 11 is 0. The summed E-state index contributed by atoms with van der Waals surface area (Å²) < 4.78 is 5.55. The van der Waals surface area contributed by atoms with E-state index in [9.17, 15) is 0 Å². The summed E-state index contributed by atoms with van der Waals surface area (Å²) in [6.45, 7) is 1.79. The first-order valence-electron chi connectivity index (χ1n) is 5.29. The van der Waals surface area contributed by atoms with Crippen LogP contribution in [0.4, 0.5) is 0 Å². The lowest BCUT2D eigenvalue weighted by Crippen LogP contribution is -2.30. The zero-order chi connectivity index (χ0) is 10.8. The molecular formula is C12H16N2O. The van der Waals surface area contributed by atoms with E-state index in [4.69, 9.17) is 15.9 Å². The number of nitrogens with one attached hydrogen (secondary N) is 1. The molecule has 1 unspecified atom stereocenters. The Balaban J connectivity index is 2.13. The predicted octanol–water partition coefficient (Wildman–Crippen LogP) is 1.88. The van der Waals surface area contributed by atoms with Crippen LogP contribution in [0.1, 0.15) is 24.5 Å². The minimum atomic E-state index is -0.343. The number of amidine groups is 1. The lowest BCUT2D eigenvalue weighted by Gasteiger charge is -2.13. The van der Waals surface area contributed by atoms with E-state index in [1.54, 1.807) is 6.92 Å². The van der Waals surface area contributed by atoms with E-state index >= 15 is 0 Å². The maximum Gasteiger partial charge on any atom is 0.152 e. The molecule has 0 saturated carbocycles. The number of rotatable bonds is 3. The SMILES string of the molecule is CC(Oc1ccc2c(c1)CCC2)C(=N)N. The summed E-state index contributed by atoms with van der Waals surface area (Å²) in [5, 5.41) is 7.26. The van der Waals surface area contributed by atoms with Crippen molar-refractivity contribution >= 4 is 5.84 Å². The van der Waals surface area contributed by atoms with Crippen molar-refractivity contribution in [2.45, 2.75) is 32.3 Å². The van der Waals surface area contributed by atoms with Crippen LogP contribution >= 0.6 is 0 Å². The van der Waals surface area contributed by atoms with E-state index in [0.717, 1.165) is 12.2 Å². The zero-order valence-corrected chi connectivity index (χ0v) is 8.92. The summed E-state index contributed by atoms with van der Waals surface area (Å²) in [5.41, 5.74) is 8.16. The molecule has 3 N–H and O–H groups in total. The molecule has 3 heteroatoms. The molecule has 0 aliphatic heterocycles. The number of hydrogen-bond acceptors (Lipinski definition) is 2. The van der Waals surface area contributed by atoms with Gasteiger partial charge in [0.25, 0.3) is 0 Å². The van der Waals surface area contributed by atoms with E-state index in [1.165, 1.54) is 24.0 Å². The van der Waals surface area contributed by atoms with Gasteiger partial charge < -0.3 is 10.5 Å². The van der Waals surface area contributed by atoms with Gasteiger partial charge in [0.05, 0.1) is 0 Å². The molecule has 0 heterocycles. The van der Waals surface area contributed by atoms with Gasteiger partial charge in [-0.15, -0.1) is 0 Å². The monoisotopic (exact) mass is 204 g/mol. The van der Waals surface area contributed by atoms with E-state index in [2.05, 4.69) is 12.1 Å². The topological polar surface area (TPSA) is 59.1 Å². The van der Waals surface area contributed by atoms with Gasteiger partial charge in [-0.25, -0.2) is 0 Å². The van der Waals surface area contributed by atoms with Crippen LogP contribution in [0.15, 0.2) is 18.2 Å². The van der Waals surface area contributed by atoms with Crippen molar-refractivity contribution in [1.82, 2.24) is 0 Å². The third-order valence-corrected chi connectivity index (χ3v) is 2.82. The van der Waals surface area contributed by atoms with Crippen LogP contribution < -0.4 is 10.5 Å². The highest BCUT2D eigenvalue weighted by atomic mass is 16.5. The van der Waals surface area contributed by atoms with Crippen LogP contribution in [0.2, 0.25) is 0 Å². The smallest absolute Gasteiger partial charge is 0.152 e. The van der Waals surface area contributed by atoms with Gasteiger partial charge in [0.1, 0.15) is 11.6 Å². The van der Waals surface area contributed by atoms with Gasteiger partial charge in [-0.2, -0.15) is 0 Å². The molecule has 1 aliphatic carbocycles. The number of aryl methyl sites for hydroxylation is 2. The minimum absolute atomic E-state index is 0.0653. The van der Waals surface area contributed by atoms with Crippen molar-refractivity contribution in [2.75, 3.05) is 0 Å².